The number of alkyl halides is 3. The molecule has 1 N–H and O–H groups in total. The second-order valence-corrected chi connectivity index (χ2v) is 7.11. The van der Waals surface area contributed by atoms with Gasteiger partial charge in [0.25, 0.3) is 17.7 Å². The molecule has 32 heavy (non-hydrogen) atoms. The molecule has 3 rings (SSSR count). The normalized spacial score (nSPS) is 14.2. The highest BCUT2D eigenvalue weighted by atomic mass is 19.4. The van der Waals surface area contributed by atoms with Crippen LogP contribution in [-0.4, -0.2) is 41.2 Å². The minimum atomic E-state index is -4.49. The first-order valence-corrected chi connectivity index (χ1v) is 9.71. The predicted molar refractivity (Wildman–Crippen MR) is 107 cm³/mol. The molecule has 1 heterocycles. The summed E-state index contributed by atoms with van der Waals surface area (Å²) in [6, 6.07) is 10.3. The van der Waals surface area contributed by atoms with Gasteiger partial charge >= 0.3 is 12.1 Å². The lowest BCUT2D eigenvalue weighted by molar-refractivity contribution is -0.153. The van der Waals surface area contributed by atoms with Gasteiger partial charge in [-0.05, 0) is 49.7 Å². The molecule has 0 aromatic heterocycles. The minimum absolute atomic E-state index is 0.0214. The molecule has 2 aromatic rings. The highest BCUT2D eigenvalue weighted by molar-refractivity contribution is 6.21. The quantitative estimate of drug-likeness (QED) is 0.516. The number of benzene rings is 2. The third-order valence-electron chi connectivity index (χ3n) is 4.80. The summed E-state index contributed by atoms with van der Waals surface area (Å²) >= 11 is 0. The monoisotopic (exact) mass is 448 g/mol. The highest BCUT2D eigenvalue weighted by Gasteiger charge is 2.34. The smallest absolute Gasteiger partial charge is 0.416 e. The van der Waals surface area contributed by atoms with E-state index >= 15 is 0 Å². The highest BCUT2D eigenvalue weighted by Crippen LogP contribution is 2.29. The molecule has 0 bridgehead atoms. The fourth-order valence-electron chi connectivity index (χ4n) is 3.12. The van der Waals surface area contributed by atoms with Crippen LogP contribution in [0.25, 0.3) is 0 Å². The molecule has 168 valence electrons. The molecule has 1 aliphatic heterocycles. The second kappa shape index (κ2) is 9.21. The first-order chi connectivity index (χ1) is 15.1. The standard InChI is InChI=1S/C22H19F3N2O5/c1-13(19(29)26-15-10-8-14(9-11-15)22(23,24)25)32-18(28)7-4-12-27-20(30)16-5-2-3-6-17(16)21(27)31/h2-3,5-6,8-11,13H,4,7,12H2,1H3,(H,26,29). The SMILES string of the molecule is CC(OC(=O)CCCN1C(=O)c2ccccc2C1=O)C(=O)Nc1ccc(C(F)(F)F)cc1. The topological polar surface area (TPSA) is 92.8 Å². The van der Waals surface area contributed by atoms with Crippen molar-refractivity contribution in [1.82, 2.24) is 4.90 Å². The van der Waals surface area contributed by atoms with Crippen molar-refractivity contribution >= 4 is 29.4 Å². The first-order valence-electron chi connectivity index (χ1n) is 9.71. The molecule has 0 fully saturated rings. The van der Waals surface area contributed by atoms with E-state index in [0.717, 1.165) is 29.2 Å². The van der Waals surface area contributed by atoms with Crippen molar-refractivity contribution in [2.24, 2.45) is 0 Å². The molecule has 1 aliphatic rings. The lowest BCUT2D eigenvalue weighted by Gasteiger charge is -2.15. The molecule has 0 spiro atoms. The molecule has 0 saturated carbocycles. The molecule has 0 saturated heterocycles. The van der Waals surface area contributed by atoms with Crippen LogP contribution in [0.4, 0.5) is 18.9 Å². The van der Waals surface area contributed by atoms with Crippen molar-refractivity contribution in [2.75, 3.05) is 11.9 Å². The van der Waals surface area contributed by atoms with Crippen LogP contribution in [-0.2, 0) is 20.5 Å². The number of nitrogens with one attached hydrogen (secondary N) is 1. The average molecular weight is 448 g/mol. The number of esters is 1. The molecular formula is C22H19F3N2O5. The van der Waals surface area contributed by atoms with Gasteiger partial charge in [-0.25, -0.2) is 0 Å². The van der Waals surface area contributed by atoms with Crippen LogP contribution in [0, 0.1) is 0 Å². The maximum Gasteiger partial charge on any atom is 0.416 e. The van der Waals surface area contributed by atoms with E-state index in [0.29, 0.717) is 11.1 Å². The summed E-state index contributed by atoms with van der Waals surface area (Å²) < 4.78 is 42.8. The van der Waals surface area contributed by atoms with Gasteiger partial charge in [-0.2, -0.15) is 13.2 Å². The number of rotatable bonds is 7. The van der Waals surface area contributed by atoms with Crippen LogP contribution in [0.15, 0.2) is 48.5 Å². The van der Waals surface area contributed by atoms with E-state index in [-0.39, 0.29) is 25.1 Å². The first kappa shape index (κ1) is 23.0. The molecular weight excluding hydrogens is 429 g/mol. The van der Waals surface area contributed by atoms with Crippen LogP contribution < -0.4 is 5.32 Å². The van der Waals surface area contributed by atoms with Crippen molar-refractivity contribution in [3.63, 3.8) is 0 Å². The predicted octanol–water partition coefficient (Wildman–Crippen LogP) is 3.65. The van der Waals surface area contributed by atoms with Crippen LogP contribution in [0.3, 0.4) is 0 Å². The number of amides is 3. The second-order valence-electron chi connectivity index (χ2n) is 7.11. The summed E-state index contributed by atoms with van der Waals surface area (Å²) in [5, 5.41) is 2.37. The zero-order chi connectivity index (χ0) is 23.5. The summed E-state index contributed by atoms with van der Waals surface area (Å²) in [5.74, 6) is -2.28. The number of halogens is 3. The number of nitrogens with zero attached hydrogens (tertiary/aromatic N) is 1. The number of carbonyl (C=O) groups is 4. The summed E-state index contributed by atoms with van der Waals surface area (Å²) in [5.41, 5.74) is -0.105. The van der Waals surface area contributed by atoms with Gasteiger partial charge in [0, 0.05) is 18.7 Å². The lowest BCUT2D eigenvalue weighted by Crippen LogP contribution is -2.32. The largest absolute Gasteiger partial charge is 0.453 e. The van der Waals surface area contributed by atoms with Crippen molar-refractivity contribution < 1.29 is 37.1 Å². The van der Waals surface area contributed by atoms with Gasteiger partial charge in [0.2, 0.25) is 0 Å². The molecule has 3 amide bonds. The zero-order valence-electron chi connectivity index (χ0n) is 16.9. The summed E-state index contributed by atoms with van der Waals surface area (Å²) in [6.45, 7) is 1.34. The van der Waals surface area contributed by atoms with E-state index in [4.69, 9.17) is 4.74 Å². The number of hydrogen-bond acceptors (Lipinski definition) is 5. The molecule has 7 nitrogen and oxygen atoms in total. The Morgan fingerprint density at radius 1 is 1.00 bits per heavy atom. The van der Waals surface area contributed by atoms with Crippen molar-refractivity contribution in [3.8, 4) is 0 Å². The Morgan fingerprint density at radius 2 is 1.56 bits per heavy atom. The van der Waals surface area contributed by atoms with Crippen LogP contribution >= 0.6 is 0 Å². The Balaban J connectivity index is 1.44. The van der Waals surface area contributed by atoms with Gasteiger partial charge in [-0.1, -0.05) is 12.1 Å². The number of anilines is 1. The van der Waals surface area contributed by atoms with E-state index in [1.54, 1.807) is 24.3 Å². The number of hydrogen-bond donors (Lipinski definition) is 1. The number of carbonyl (C=O) groups excluding carboxylic acids is 4. The fourth-order valence-corrected chi connectivity index (χ4v) is 3.12. The molecule has 0 aliphatic carbocycles. The molecule has 1 atom stereocenters. The van der Waals surface area contributed by atoms with Crippen LogP contribution in [0.2, 0.25) is 0 Å². The van der Waals surface area contributed by atoms with Gasteiger partial charge in [0.15, 0.2) is 6.10 Å². The average Bonchev–Trinajstić information content (AvgIpc) is 2.98. The van der Waals surface area contributed by atoms with E-state index < -0.39 is 41.5 Å². The fraction of sp³-hybridized carbons (Fsp3) is 0.273. The Labute approximate surface area is 181 Å². The Bertz CT molecular complexity index is 1020. The Morgan fingerprint density at radius 3 is 2.09 bits per heavy atom. The third-order valence-corrected chi connectivity index (χ3v) is 4.80. The molecule has 1 unspecified atom stereocenters. The zero-order valence-corrected chi connectivity index (χ0v) is 16.9. The van der Waals surface area contributed by atoms with Crippen molar-refractivity contribution in [2.45, 2.75) is 32.0 Å². The van der Waals surface area contributed by atoms with Gasteiger partial charge in [-0.3, -0.25) is 24.1 Å². The minimum Gasteiger partial charge on any atom is -0.453 e. The van der Waals surface area contributed by atoms with Gasteiger partial charge in [0.1, 0.15) is 0 Å². The summed E-state index contributed by atoms with van der Waals surface area (Å²) in [6.07, 6.45) is -5.66. The number of ether oxygens (including phenoxy) is 1. The molecule has 10 heteroatoms. The Kier molecular flexibility index (Phi) is 6.61. The lowest BCUT2D eigenvalue weighted by atomic mass is 10.1. The summed E-state index contributed by atoms with van der Waals surface area (Å²) in [7, 11) is 0. The van der Waals surface area contributed by atoms with Gasteiger partial charge in [-0.15, -0.1) is 0 Å². The maximum absolute atomic E-state index is 12.6. The van der Waals surface area contributed by atoms with Gasteiger partial charge in [0.05, 0.1) is 16.7 Å². The number of fused-ring (bicyclic) bond motifs is 1. The number of imide groups is 1. The van der Waals surface area contributed by atoms with E-state index in [9.17, 15) is 32.3 Å². The van der Waals surface area contributed by atoms with Crippen LogP contribution in [0.1, 0.15) is 46.0 Å². The third kappa shape index (κ3) is 5.13. The summed E-state index contributed by atoms with van der Waals surface area (Å²) in [4.78, 5) is 49.7. The van der Waals surface area contributed by atoms with Crippen molar-refractivity contribution in [1.29, 1.82) is 0 Å². The molecule has 0 radical (unpaired) electrons. The van der Waals surface area contributed by atoms with Crippen molar-refractivity contribution in [3.05, 3.63) is 65.2 Å². The Hall–Kier alpha value is -3.69. The maximum atomic E-state index is 12.6. The molecule has 2 aromatic carbocycles. The van der Waals surface area contributed by atoms with E-state index in [1.807, 2.05) is 0 Å². The van der Waals surface area contributed by atoms with E-state index in [2.05, 4.69) is 5.32 Å². The van der Waals surface area contributed by atoms with Gasteiger partial charge < -0.3 is 10.1 Å². The van der Waals surface area contributed by atoms with E-state index in [1.165, 1.54) is 6.92 Å². The van der Waals surface area contributed by atoms with Crippen LogP contribution in [0.5, 0.6) is 0 Å².